The highest BCUT2D eigenvalue weighted by Gasteiger charge is 2.19. The molecule has 2 N–H and O–H groups in total. The van der Waals surface area contributed by atoms with E-state index >= 15 is 0 Å². The number of nitrogens with one attached hydrogen (secondary N) is 2. The van der Waals surface area contributed by atoms with Crippen LogP contribution in [0.1, 0.15) is 22.7 Å². The lowest BCUT2D eigenvalue weighted by molar-refractivity contribution is -0.120. The molecule has 3 aromatic rings. The lowest BCUT2D eigenvalue weighted by Crippen LogP contribution is -2.30. The maximum absolute atomic E-state index is 12.8. The molecule has 0 aliphatic heterocycles. The molecule has 1 heterocycles. The van der Waals surface area contributed by atoms with Crippen molar-refractivity contribution in [1.29, 1.82) is 0 Å². The third-order valence-corrected chi connectivity index (χ3v) is 5.59. The number of para-hydroxylation sites is 1. The topological polar surface area (TPSA) is 75.3 Å². The molecule has 28 heavy (non-hydrogen) atoms. The van der Waals surface area contributed by atoms with Crippen LogP contribution in [-0.2, 0) is 21.2 Å². The number of anilines is 1. The van der Waals surface area contributed by atoms with Gasteiger partial charge in [0, 0.05) is 5.02 Å². The Bertz CT molecular complexity index is 1050. The lowest BCUT2D eigenvalue weighted by atomic mass is 10.0. The van der Waals surface area contributed by atoms with Gasteiger partial charge in [-0.25, -0.2) is 8.42 Å². The Labute approximate surface area is 173 Å². The van der Waals surface area contributed by atoms with Gasteiger partial charge in [0.05, 0.1) is 24.4 Å². The van der Waals surface area contributed by atoms with E-state index < -0.39 is 10.0 Å². The van der Waals surface area contributed by atoms with Crippen molar-refractivity contribution in [3.8, 4) is 0 Å². The summed E-state index contributed by atoms with van der Waals surface area (Å²) in [6, 6.07) is 15.8. The molecule has 0 radical (unpaired) electrons. The fourth-order valence-electron chi connectivity index (χ4n) is 2.81. The average Bonchev–Trinajstić information content (AvgIpc) is 3.15. The van der Waals surface area contributed by atoms with Crippen molar-refractivity contribution in [1.82, 2.24) is 5.32 Å². The summed E-state index contributed by atoms with van der Waals surface area (Å²) in [6.07, 6.45) is 1.13. The molecule has 1 atom stereocenters. The van der Waals surface area contributed by atoms with E-state index in [4.69, 9.17) is 11.6 Å². The first kappa shape index (κ1) is 20.4. The van der Waals surface area contributed by atoms with E-state index in [1.807, 2.05) is 29.0 Å². The van der Waals surface area contributed by atoms with E-state index in [0.717, 1.165) is 17.4 Å². The number of halogens is 1. The Morgan fingerprint density at radius 1 is 1.07 bits per heavy atom. The number of carbonyl (C=O) groups is 1. The van der Waals surface area contributed by atoms with Gasteiger partial charge in [0.25, 0.3) is 0 Å². The Balaban J connectivity index is 1.81. The number of benzene rings is 2. The van der Waals surface area contributed by atoms with E-state index in [0.29, 0.717) is 16.3 Å². The number of hydrogen-bond donors (Lipinski definition) is 2. The second-order valence-electron chi connectivity index (χ2n) is 6.32. The molecule has 1 unspecified atom stereocenters. The zero-order valence-electron chi connectivity index (χ0n) is 15.1. The predicted octanol–water partition coefficient (Wildman–Crippen LogP) is 4.22. The van der Waals surface area contributed by atoms with Gasteiger partial charge in [0.2, 0.25) is 15.9 Å². The highest BCUT2D eigenvalue weighted by Crippen LogP contribution is 2.26. The lowest BCUT2D eigenvalue weighted by Gasteiger charge is -2.19. The zero-order chi connectivity index (χ0) is 20.1. The van der Waals surface area contributed by atoms with E-state index in [-0.39, 0.29) is 18.4 Å². The first-order valence-electron chi connectivity index (χ1n) is 8.44. The Kier molecular flexibility index (Phi) is 6.39. The molecule has 5 nitrogen and oxygen atoms in total. The zero-order valence-corrected chi connectivity index (χ0v) is 17.4. The summed E-state index contributed by atoms with van der Waals surface area (Å²) in [5, 5.41) is 7.60. The molecule has 0 fully saturated rings. The molecule has 1 aromatic heterocycles. The fourth-order valence-corrected chi connectivity index (χ4v) is 4.22. The third-order valence-electron chi connectivity index (χ3n) is 4.05. The Hall–Kier alpha value is -2.35. The van der Waals surface area contributed by atoms with E-state index in [9.17, 15) is 13.2 Å². The fraction of sp³-hybridized carbons (Fsp3) is 0.150. The molecule has 0 aliphatic carbocycles. The minimum atomic E-state index is -3.43. The van der Waals surface area contributed by atoms with Gasteiger partial charge in [-0.15, -0.1) is 0 Å². The van der Waals surface area contributed by atoms with E-state index in [2.05, 4.69) is 10.0 Å². The number of sulfonamides is 1. The normalized spacial score (nSPS) is 12.4. The first-order valence-corrected chi connectivity index (χ1v) is 11.7. The van der Waals surface area contributed by atoms with Crippen LogP contribution in [0.25, 0.3) is 0 Å². The van der Waals surface area contributed by atoms with E-state index in [1.165, 1.54) is 0 Å². The summed E-state index contributed by atoms with van der Waals surface area (Å²) in [6.45, 7) is 0. The van der Waals surface area contributed by atoms with Gasteiger partial charge in [0.15, 0.2) is 0 Å². The van der Waals surface area contributed by atoms with Crippen LogP contribution in [0, 0.1) is 0 Å². The van der Waals surface area contributed by atoms with Crippen LogP contribution in [0.2, 0.25) is 5.02 Å². The summed E-state index contributed by atoms with van der Waals surface area (Å²) >= 11 is 7.53. The highest BCUT2D eigenvalue weighted by molar-refractivity contribution is 7.92. The van der Waals surface area contributed by atoms with E-state index in [1.54, 1.807) is 47.7 Å². The average molecular weight is 435 g/mol. The first-order chi connectivity index (χ1) is 13.3. The molecule has 146 valence electrons. The molecule has 2 aromatic carbocycles. The molecular formula is C20H19ClN2O3S2. The summed E-state index contributed by atoms with van der Waals surface area (Å²) in [5.41, 5.74) is 2.89. The summed E-state index contributed by atoms with van der Waals surface area (Å²) < 4.78 is 25.6. The van der Waals surface area contributed by atoms with Gasteiger partial charge in [-0.1, -0.05) is 41.9 Å². The molecule has 0 saturated heterocycles. The predicted molar refractivity (Wildman–Crippen MR) is 114 cm³/mol. The van der Waals surface area contributed by atoms with Crippen LogP contribution in [0.4, 0.5) is 5.69 Å². The third kappa shape index (κ3) is 5.58. The van der Waals surface area contributed by atoms with Crippen molar-refractivity contribution >= 4 is 44.6 Å². The quantitative estimate of drug-likeness (QED) is 0.584. The minimum absolute atomic E-state index is 0.0485. The SMILES string of the molecule is CS(=O)(=O)Nc1ccccc1CC(=O)NC(c1ccc(Cl)cc1)c1ccsc1. The van der Waals surface area contributed by atoms with Crippen LogP contribution >= 0.6 is 22.9 Å². The van der Waals surface area contributed by atoms with Crippen LogP contribution in [0.15, 0.2) is 65.4 Å². The van der Waals surface area contributed by atoms with Crippen molar-refractivity contribution in [3.63, 3.8) is 0 Å². The van der Waals surface area contributed by atoms with Crippen molar-refractivity contribution in [2.45, 2.75) is 12.5 Å². The van der Waals surface area contributed by atoms with Gasteiger partial charge in [-0.3, -0.25) is 9.52 Å². The Morgan fingerprint density at radius 3 is 2.43 bits per heavy atom. The van der Waals surface area contributed by atoms with Crippen molar-refractivity contribution in [3.05, 3.63) is 87.1 Å². The van der Waals surface area contributed by atoms with Gasteiger partial charge in [-0.2, -0.15) is 11.3 Å². The van der Waals surface area contributed by atoms with Crippen LogP contribution in [0.5, 0.6) is 0 Å². The second-order valence-corrected chi connectivity index (χ2v) is 9.28. The van der Waals surface area contributed by atoms with Crippen LogP contribution in [0.3, 0.4) is 0 Å². The highest BCUT2D eigenvalue weighted by atomic mass is 35.5. The largest absolute Gasteiger partial charge is 0.345 e. The number of hydrogen-bond acceptors (Lipinski definition) is 4. The number of rotatable bonds is 7. The van der Waals surface area contributed by atoms with Crippen LogP contribution < -0.4 is 10.0 Å². The van der Waals surface area contributed by atoms with Gasteiger partial charge >= 0.3 is 0 Å². The molecule has 0 spiro atoms. The number of thiophene rings is 1. The molecule has 1 amide bonds. The number of amides is 1. The molecule has 0 saturated carbocycles. The van der Waals surface area contributed by atoms with Gasteiger partial charge in [-0.05, 0) is 51.7 Å². The molecule has 8 heteroatoms. The number of carbonyl (C=O) groups excluding carboxylic acids is 1. The van der Waals surface area contributed by atoms with Gasteiger partial charge < -0.3 is 5.32 Å². The summed E-state index contributed by atoms with van der Waals surface area (Å²) in [5.74, 6) is -0.214. The Morgan fingerprint density at radius 2 is 1.79 bits per heavy atom. The monoisotopic (exact) mass is 434 g/mol. The smallest absolute Gasteiger partial charge is 0.229 e. The molecular weight excluding hydrogens is 416 g/mol. The van der Waals surface area contributed by atoms with Crippen LogP contribution in [-0.4, -0.2) is 20.6 Å². The van der Waals surface area contributed by atoms with Gasteiger partial charge in [0.1, 0.15) is 0 Å². The summed E-state index contributed by atoms with van der Waals surface area (Å²) in [4.78, 5) is 12.8. The molecule has 0 bridgehead atoms. The minimum Gasteiger partial charge on any atom is -0.345 e. The molecule has 3 rings (SSSR count). The molecule has 0 aliphatic rings. The van der Waals surface area contributed by atoms with Crippen molar-refractivity contribution < 1.29 is 13.2 Å². The van der Waals surface area contributed by atoms with Crippen molar-refractivity contribution in [2.24, 2.45) is 0 Å². The van der Waals surface area contributed by atoms with Crippen molar-refractivity contribution in [2.75, 3.05) is 11.0 Å². The standard InChI is InChI=1S/C20H19ClN2O3S2/c1-28(25,26)23-18-5-3-2-4-15(18)12-19(24)22-20(16-10-11-27-13-16)14-6-8-17(21)9-7-14/h2-11,13,20,23H,12H2,1H3,(H,22,24). The summed E-state index contributed by atoms with van der Waals surface area (Å²) in [7, 11) is -3.43. The maximum Gasteiger partial charge on any atom is 0.229 e. The second kappa shape index (κ2) is 8.77. The maximum atomic E-state index is 12.8.